The van der Waals surface area contributed by atoms with Crippen molar-refractivity contribution < 1.29 is 0 Å². The third kappa shape index (κ3) is 2.07. The van der Waals surface area contributed by atoms with E-state index in [0.29, 0.717) is 38.6 Å². The number of halogens is 2. The van der Waals surface area contributed by atoms with Crippen molar-refractivity contribution in [2.75, 3.05) is 11.5 Å². The smallest absolute Gasteiger partial charge is 0.180 e. The van der Waals surface area contributed by atoms with E-state index < -0.39 is 0 Å². The van der Waals surface area contributed by atoms with Gasteiger partial charge in [-0.05, 0) is 24.3 Å². The van der Waals surface area contributed by atoms with Crippen LogP contribution >= 0.6 is 23.2 Å². The first-order valence-corrected chi connectivity index (χ1v) is 6.17. The minimum atomic E-state index is 0.385. The molecule has 0 aliphatic heterocycles. The molecule has 19 heavy (non-hydrogen) atoms. The summed E-state index contributed by atoms with van der Waals surface area (Å²) in [5.41, 5.74) is 13.9. The van der Waals surface area contributed by atoms with Gasteiger partial charge in [0.05, 0.1) is 16.2 Å². The summed E-state index contributed by atoms with van der Waals surface area (Å²) >= 11 is 12.0. The lowest BCUT2D eigenvalue weighted by Gasteiger charge is -2.05. The summed E-state index contributed by atoms with van der Waals surface area (Å²) < 4.78 is 0. The predicted octanol–water partition coefficient (Wildman–Crippen LogP) is 3.10. The molecule has 5 N–H and O–H groups in total. The van der Waals surface area contributed by atoms with E-state index in [-0.39, 0.29) is 0 Å². The van der Waals surface area contributed by atoms with Crippen LogP contribution in [0.3, 0.4) is 0 Å². The molecule has 0 saturated heterocycles. The lowest BCUT2D eigenvalue weighted by Crippen LogP contribution is -1.93. The standard InChI is InChI=1S/C12H9Cl2N5/c13-5-3-6(10(16)7(14)4-5)11-17-8-1-2-9(15)18-12(8)19-11/h1-4H,16H2,(H3,15,17,18,19). The molecule has 0 atom stereocenters. The first-order chi connectivity index (χ1) is 9.04. The molecule has 1 aromatic carbocycles. The topological polar surface area (TPSA) is 93.6 Å². The van der Waals surface area contributed by atoms with Crippen LogP contribution in [0, 0.1) is 0 Å². The number of anilines is 2. The van der Waals surface area contributed by atoms with E-state index in [1.165, 1.54) is 0 Å². The van der Waals surface area contributed by atoms with E-state index in [1.807, 2.05) is 0 Å². The summed E-state index contributed by atoms with van der Waals surface area (Å²) in [7, 11) is 0. The molecule has 7 heteroatoms. The van der Waals surface area contributed by atoms with Gasteiger partial charge >= 0.3 is 0 Å². The average Bonchev–Trinajstić information content (AvgIpc) is 2.76. The number of hydrogen-bond acceptors (Lipinski definition) is 4. The predicted molar refractivity (Wildman–Crippen MR) is 78.2 cm³/mol. The molecule has 0 spiro atoms. The van der Waals surface area contributed by atoms with Crippen LogP contribution in [0.2, 0.25) is 10.0 Å². The highest BCUT2D eigenvalue weighted by Gasteiger charge is 2.12. The number of fused-ring (bicyclic) bond motifs is 1. The van der Waals surface area contributed by atoms with Crippen LogP contribution in [0.4, 0.5) is 11.5 Å². The fraction of sp³-hybridized carbons (Fsp3) is 0. The minimum Gasteiger partial charge on any atom is -0.397 e. The second-order valence-corrected chi connectivity index (χ2v) is 4.89. The first kappa shape index (κ1) is 12.1. The number of nitrogen functional groups attached to an aromatic ring is 2. The van der Waals surface area contributed by atoms with Crippen molar-refractivity contribution in [2.24, 2.45) is 0 Å². The Hall–Kier alpha value is -1.98. The van der Waals surface area contributed by atoms with Gasteiger partial charge in [0.15, 0.2) is 5.65 Å². The molecule has 0 radical (unpaired) electrons. The maximum Gasteiger partial charge on any atom is 0.180 e. The Kier molecular flexibility index (Phi) is 2.73. The van der Waals surface area contributed by atoms with Gasteiger partial charge in [-0.2, -0.15) is 0 Å². The summed E-state index contributed by atoms with van der Waals surface area (Å²) in [5, 5.41) is 0.873. The highest BCUT2D eigenvalue weighted by molar-refractivity contribution is 6.37. The number of H-pyrrole nitrogens is 1. The zero-order chi connectivity index (χ0) is 13.6. The fourth-order valence-electron chi connectivity index (χ4n) is 1.82. The van der Waals surface area contributed by atoms with Gasteiger partial charge < -0.3 is 16.5 Å². The Morgan fingerprint density at radius 2 is 1.84 bits per heavy atom. The number of aromatic amines is 1. The molecule has 0 amide bonds. The van der Waals surface area contributed by atoms with Gasteiger partial charge in [0, 0.05) is 10.6 Å². The lowest BCUT2D eigenvalue weighted by atomic mass is 10.1. The van der Waals surface area contributed by atoms with Crippen LogP contribution in [0.15, 0.2) is 24.3 Å². The molecule has 96 valence electrons. The molecule has 0 saturated carbocycles. The van der Waals surface area contributed by atoms with E-state index in [4.69, 9.17) is 34.7 Å². The highest BCUT2D eigenvalue weighted by Crippen LogP contribution is 2.34. The summed E-state index contributed by atoms with van der Waals surface area (Å²) in [6.45, 7) is 0. The van der Waals surface area contributed by atoms with E-state index in [9.17, 15) is 0 Å². The van der Waals surface area contributed by atoms with Crippen LogP contribution in [0.1, 0.15) is 0 Å². The number of nitrogens with two attached hydrogens (primary N) is 2. The van der Waals surface area contributed by atoms with Crippen molar-refractivity contribution >= 4 is 45.9 Å². The number of imidazole rings is 1. The van der Waals surface area contributed by atoms with Gasteiger partial charge in [-0.3, -0.25) is 0 Å². The van der Waals surface area contributed by atoms with Crippen LogP contribution in [0.25, 0.3) is 22.6 Å². The van der Waals surface area contributed by atoms with Gasteiger partial charge in [-0.25, -0.2) is 9.97 Å². The monoisotopic (exact) mass is 293 g/mol. The van der Waals surface area contributed by atoms with Gasteiger partial charge in [-0.1, -0.05) is 23.2 Å². The lowest BCUT2D eigenvalue weighted by molar-refractivity contribution is 1.30. The Labute approximate surface area is 118 Å². The van der Waals surface area contributed by atoms with Crippen molar-refractivity contribution in [1.29, 1.82) is 0 Å². The number of hydrogen-bond donors (Lipinski definition) is 3. The Morgan fingerprint density at radius 1 is 1.05 bits per heavy atom. The number of aromatic nitrogens is 3. The summed E-state index contributed by atoms with van der Waals surface area (Å²) in [5.74, 6) is 0.956. The maximum absolute atomic E-state index is 6.01. The fourth-order valence-corrected chi connectivity index (χ4v) is 2.31. The molecule has 2 aromatic heterocycles. The largest absolute Gasteiger partial charge is 0.397 e. The molecular formula is C12H9Cl2N5. The van der Waals surface area contributed by atoms with Gasteiger partial charge in [-0.15, -0.1) is 0 Å². The van der Waals surface area contributed by atoms with Crippen molar-refractivity contribution in [3.63, 3.8) is 0 Å². The molecule has 3 rings (SSSR count). The van der Waals surface area contributed by atoms with Crippen molar-refractivity contribution in [3.8, 4) is 11.4 Å². The van der Waals surface area contributed by atoms with Crippen LogP contribution in [0.5, 0.6) is 0 Å². The Morgan fingerprint density at radius 3 is 2.63 bits per heavy atom. The highest BCUT2D eigenvalue weighted by atomic mass is 35.5. The Bertz CT molecular complexity index is 781. The summed E-state index contributed by atoms with van der Waals surface area (Å²) in [4.78, 5) is 11.6. The molecule has 0 aliphatic carbocycles. The maximum atomic E-state index is 6.01. The van der Waals surface area contributed by atoms with Gasteiger partial charge in [0.25, 0.3) is 0 Å². The van der Waals surface area contributed by atoms with E-state index in [2.05, 4.69) is 15.0 Å². The number of pyridine rings is 1. The summed E-state index contributed by atoms with van der Waals surface area (Å²) in [6.07, 6.45) is 0. The first-order valence-electron chi connectivity index (χ1n) is 5.42. The second-order valence-electron chi connectivity index (χ2n) is 4.04. The normalized spacial score (nSPS) is 11.1. The van der Waals surface area contributed by atoms with E-state index in [1.54, 1.807) is 24.3 Å². The number of rotatable bonds is 1. The quantitative estimate of drug-likeness (QED) is 0.601. The van der Waals surface area contributed by atoms with Crippen molar-refractivity contribution in [3.05, 3.63) is 34.3 Å². The molecule has 3 aromatic rings. The number of nitrogens with zero attached hydrogens (tertiary/aromatic N) is 2. The molecule has 5 nitrogen and oxygen atoms in total. The van der Waals surface area contributed by atoms with Crippen molar-refractivity contribution in [1.82, 2.24) is 15.0 Å². The molecular weight excluding hydrogens is 285 g/mol. The van der Waals surface area contributed by atoms with E-state index >= 15 is 0 Å². The van der Waals surface area contributed by atoms with Gasteiger partial charge in [0.2, 0.25) is 0 Å². The zero-order valence-electron chi connectivity index (χ0n) is 9.61. The second kappa shape index (κ2) is 4.29. The number of benzene rings is 1. The average molecular weight is 294 g/mol. The van der Waals surface area contributed by atoms with E-state index in [0.717, 1.165) is 5.52 Å². The molecule has 0 fully saturated rings. The molecule has 0 aliphatic rings. The SMILES string of the molecule is Nc1ccc2[nH]c(-c3cc(Cl)cc(Cl)c3N)nc2n1. The molecule has 0 bridgehead atoms. The molecule has 2 heterocycles. The zero-order valence-corrected chi connectivity index (χ0v) is 11.1. The van der Waals surface area contributed by atoms with Crippen molar-refractivity contribution in [2.45, 2.75) is 0 Å². The molecule has 0 unspecified atom stereocenters. The third-order valence-corrected chi connectivity index (χ3v) is 3.25. The Balaban J connectivity index is 2.24. The van der Waals surface area contributed by atoms with Crippen LogP contribution in [-0.2, 0) is 0 Å². The van der Waals surface area contributed by atoms with Crippen LogP contribution < -0.4 is 11.5 Å². The van der Waals surface area contributed by atoms with Gasteiger partial charge in [0.1, 0.15) is 11.6 Å². The number of nitrogens with one attached hydrogen (secondary N) is 1. The minimum absolute atomic E-state index is 0.385. The summed E-state index contributed by atoms with van der Waals surface area (Å²) in [6, 6.07) is 6.78. The third-order valence-electron chi connectivity index (χ3n) is 2.72. The van der Waals surface area contributed by atoms with Crippen LogP contribution in [-0.4, -0.2) is 15.0 Å².